The molecule has 86 valence electrons. The second-order valence-electron chi connectivity index (χ2n) is 3.76. The Balaban J connectivity index is 2.42. The van der Waals surface area contributed by atoms with Crippen molar-refractivity contribution in [1.29, 1.82) is 0 Å². The molecule has 0 fully saturated rings. The van der Waals surface area contributed by atoms with Gasteiger partial charge in [0, 0.05) is 22.0 Å². The number of benzene rings is 1. The Bertz CT molecular complexity index is 693. The first-order valence-electron chi connectivity index (χ1n) is 5.19. The fourth-order valence-electron chi connectivity index (χ4n) is 2.04. The Morgan fingerprint density at radius 3 is 3.06 bits per heavy atom. The molecule has 0 radical (unpaired) electrons. The topological polar surface area (TPSA) is 60.9 Å². The summed E-state index contributed by atoms with van der Waals surface area (Å²) < 4.78 is 0. The highest BCUT2D eigenvalue weighted by Crippen LogP contribution is 2.32. The van der Waals surface area contributed by atoms with Gasteiger partial charge in [0.05, 0.1) is 22.9 Å². The van der Waals surface area contributed by atoms with Crippen molar-refractivity contribution >= 4 is 39.1 Å². The number of aliphatic hydroxyl groups is 1. The van der Waals surface area contributed by atoms with Crippen LogP contribution in [-0.2, 0) is 0 Å². The van der Waals surface area contributed by atoms with E-state index in [1.54, 1.807) is 18.5 Å². The second kappa shape index (κ2) is 3.91. The summed E-state index contributed by atoms with van der Waals surface area (Å²) in [6, 6.07) is 5.62. The lowest BCUT2D eigenvalue weighted by molar-refractivity contribution is 0.326. The van der Waals surface area contributed by atoms with Gasteiger partial charge >= 0.3 is 0 Å². The van der Waals surface area contributed by atoms with E-state index in [-0.39, 0.29) is 6.73 Å². The van der Waals surface area contributed by atoms with Gasteiger partial charge in [-0.2, -0.15) is 0 Å². The Labute approximate surface area is 102 Å². The monoisotopic (exact) mass is 247 g/mol. The second-order valence-corrected chi connectivity index (χ2v) is 4.19. The Kier molecular flexibility index (Phi) is 2.39. The summed E-state index contributed by atoms with van der Waals surface area (Å²) in [4.78, 5) is 7.34. The number of nitrogens with one attached hydrogen (secondary N) is 2. The first-order chi connectivity index (χ1) is 8.29. The highest BCUT2D eigenvalue weighted by Gasteiger charge is 2.09. The molecular weight excluding hydrogens is 238 g/mol. The number of aromatic amines is 1. The minimum absolute atomic E-state index is 0.136. The van der Waals surface area contributed by atoms with Crippen LogP contribution in [-0.4, -0.2) is 21.8 Å². The largest absolute Gasteiger partial charge is 0.377 e. The Hall–Kier alpha value is -1.78. The molecule has 0 bridgehead atoms. The molecule has 3 rings (SSSR count). The van der Waals surface area contributed by atoms with Crippen molar-refractivity contribution in [2.75, 3.05) is 12.0 Å². The van der Waals surface area contributed by atoms with E-state index < -0.39 is 0 Å². The van der Waals surface area contributed by atoms with E-state index in [9.17, 15) is 0 Å². The predicted octanol–water partition coefficient (Wildman–Crippen LogP) is 2.73. The summed E-state index contributed by atoms with van der Waals surface area (Å²) in [5.74, 6) is 0. The molecule has 5 heteroatoms. The van der Waals surface area contributed by atoms with Crippen molar-refractivity contribution in [3.63, 3.8) is 0 Å². The molecule has 0 spiro atoms. The van der Waals surface area contributed by atoms with E-state index in [0.717, 1.165) is 27.5 Å². The number of aliphatic hydroxyl groups excluding tert-OH is 1. The van der Waals surface area contributed by atoms with Crippen molar-refractivity contribution in [3.05, 3.63) is 35.6 Å². The van der Waals surface area contributed by atoms with E-state index in [4.69, 9.17) is 16.7 Å². The fourth-order valence-corrected chi connectivity index (χ4v) is 2.26. The zero-order valence-electron chi connectivity index (χ0n) is 8.87. The molecule has 0 aliphatic heterocycles. The van der Waals surface area contributed by atoms with Gasteiger partial charge in [0.25, 0.3) is 0 Å². The summed E-state index contributed by atoms with van der Waals surface area (Å²) in [7, 11) is 0. The number of halogens is 1. The SMILES string of the molecule is OCNc1cc(Cl)cc2c1[nH]c1cnccc12. The van der Waals surface area contributed by atoms with Crippen LogP contribution in [0.25, 0.3) is 21.8 Å². The first kappa shape index (κ1) is 10.4. The van der Waals surface area contributed by atoms with Gasteiger partial charge in [0.15, 0.2) is 0 Å². The molecule has 0 atom stereocenters. The van der Waals surface area contributed by atoms with Gasteiger partial charge in [-0.25, -0.2) is 0 Å². The molecule has 17 heavy (non-hydrogen) atoms. The molecule has 0 aliphatic rings. The average Bonchev–Trinajstić information content (AvgIpc) is 2.69. The zero-order chi connectivity index (χ0) is 11.8. The summed E-state index contributed by atoms with van der Waals surface area (Å²) in [6.45, 7) is -0.136. The van der Waals surface area contributed by atoms with Crippen LogP contribution in [0.4, 0.5) is 5.69 Å². The Morgan fingerprint density at radius 2 is 2.24 bits per heavy atom. The van der Waals surface area contributed by atoms with Crippen molar-refractivity contribution in [2.45, 2.75) is 0 Å². The number of aromatic nitrogens is 2. The van der Waals surface area contributed by atoms with E-state index in [2.05, 4.69) is 15.3 Å². The number of fused-ring (bicyclic) bond motifs is 3. The van der Waals surface area contributed by atoms with Gasteiger partial charge in [0.1, 0.15) is 6.73 Å². The minimum Gasteiger partial charge on any atom is -0.377 e. The van der Waals surface area contributed by atoms with Gasteiger partial charge < -0.3 is 15.4 Å². The summed E-state index contributed by atoms with van der Waals surface area (Å²) >= 11 is 6.07. The Morgan fingerprint density at radius 1 is 1.35 bits per heavy atom. The molecular formula is C12H10ClN3O. The third kappa shape index (κ3) is 1.62. The molecule has 4 nitrogen and oxygen atoms in total. The van der Waals surface area contributed by atoms with Gasteiger partial charge in [-0.05, 0) is 18.2 Å². The predicted molar refractivity (Wildman–Crippen MR) is 69.3 cm³/mol. The number of rotatable bonds is 2. The molecule has 3 aromatic rings. The third-order valence-electron chi connectivity index (χ3n) is 2.74. The number of H-pyrrole nitrogens is 1. The molecule has 0 saturated carbocycles. The number of nitrogens with zero attached hydrogens (tertiary/aromatic N) is 1. The van der Waals surface area contributed by atoms with Crippen LogP contribution in [0.15, 0.2) is 30.6 Å². The quantitative estimate of drug-likeness (QED) is 0.610. The van der Waals surface area contributed by atoms with Gasteiger partial charge in [-0.1, -0.05) is 11.6 Å². The molecule has 1 aromatic carbocycles. The van der Waals surface area contributed by atoms with Crippen LogP contribution in [0, 0.1) is 0 Å². The van der Waals surface area contributed by atoms with Gasteiger partial charge in [-0.3, -0.25) is 4.98 Å². The van der Waals surface area contributed by atoms with Crippen LogP contribution in [0.3, 0.4) is 0 Å². The van der Waals surface area contributed by atoms with Gasteiger partial charge in [-0.15, -0.1) is 0 Å². The third-order valence-corrected chi connectivity index (χ3v) is 2.96. The van der Waals surface area contributed by atoms with E-state index in [0.29, 0.717) is 5.02 Å². The maximum absolute atomic E-state index is 8.96. The smallest absolute Gasteiger partial charge is 0.113 e. The standard InChI is InChI=1S/C12H10ClN3O/c13-7-3-9-8-1-2-14-5-11(8)16-12(9)10(4-7)15-6-17/h1-5,15-17H,6H2. The summed E-state index contributed by atoms with van der Waals surface area (Å²) in [6.07, 6.45) is 3.52. The van der Waals surface area contributed by atoms with Crippen molar-refractivity contribution < 1.29 is 5.11 Å². The number of anilines is 1. The van der Waals surface area contributed by atoms with Crippen molar-refractivity contribution in [1.82, 2.24) is 9.97 Å². The number of hydrogen-bond acceptors (Lipinski definition) is 3. The lowest BCUT2D eigenvalue weighted by Gasteiger charge is -2.04. The molecule has 0 amide bonds. The molecule has 3 N–H and O–H groups in total. The van der Waals surface area contributed by atoms with Crippen molar-refractivity contribution in [2.24, 2.45) is 0 Å². The number of pyridine rings is 1. The normalized spacial score (nSPS) is 11.2. The lowest BCUT2D eigenvalue weighted by atomic mass is 10.1. The van der Waals surface area contributed by atoms with Crippen LogP contribution in [0.1, 0.15) is 0 Å². The maximum atomic E-state index is 8.96. The van der Waals surface area contributed by atoms with E-state index in [1.165, 1.54) is 0 Å². The highest BCUT2D eigenvalue weighted by molar-refractivity contribution is 6.32. The summed E-state index contributed by atoms with van der Waals surface area (Å²) in [5, 5.41) is 14.6. The average molecular weight is 248 g/mol. The maximum Gasteiger partial charge on any atom is 0.113 e. The zero-order valence-corrected chi connectivity index (χ0v) is 9.62. The molecule has 2 heterocycles. The molecule has 0 unspecified atom stereocenters. The highest BCUT2D eigenvalue weighted by atomic mass is 35.5. The van der Waals surface area contributed by atoms with E-state index >= 15 is 0 Å². The van der Waals surface area contributed by atoms with Gasteiger partial charge in [0.2, 0.25) is 0 Å². The first-order valence-corrected chi connectivity index (χ1v) is 5.57. The minimum atomic E-state index is -0.136. The lowest BCUT2D eigenvalue weighted by Crippen LogP contribution is -1.99. The van der Waals surface area contributed by atoms with Crippen LogP contribution in [0.2, 0.25) is 5.02 Å². The van der Waals surface area contributed by atoms with Crippen LogP contribution in [0.5, 0.6) is 0 Å². The molecule has 0 aliphatic carbocycles. The van der Waals surface area contributed by atoms with Crippen molar-refractivity contribution in [3.8, 4) is 0 Å². The van der Waals surface area contributed by atoms with E-state index in [1.807, 2.05) is 12.1 Å². The molecule has 0 saturated heterocycles. The summed E-state index contributed by atoms with van der Waals surface area (Å²) in [5.41, 5.74) is 2.66. The number of hydrogen-bond donors (Lipinski definition) is 3. The molecule has 2 aromatic heterocycles. The van der Waals surface area contributed by atoms with Crippen LogP contribution >= 0.6 is 11.6 Å². The fraction of sp³-hybridized carbons (Fsp3) is 0.0833. The van der Waals surface area contributed by atoms with Crippen LogP contribution < -0.4 is 5.32 Å².